The first-order valence-corrected chi connectivity index (χ1v) is 7.18. The molecule has 0 aromatic heterocycles. The molecule has 1 heterocycles. The molecule has 0 saturated heterocycles. The Morgan fingerprint density at radius 2 is 1.45 bits per heavy atom. The summed E-state index contributed by atoms with van der Waals surface area (Å²) in [4.78, 5) is 38.1. The molecule has 1 aliphatic carbocycles. The lowest BCUT2D eigenvalue weighted by molar-refractivity contribution is -0.112. The van der Waals surface area contributed by atoms with Crippen LogP contribution in [0, 0.1) is 0 Å². The smallest absolute Gasteiger partial charge is 0.262 e. The fourth-order valence-electron chi connectivity index (χ4n) is 3.36. The van der Waals surface area contributed by atoms with Gasteiger partial charge in [0.05, 0.1) is 11.1 Å². The number of hydrogen-bond donors (Lipinski definition) is 0. The Morgan fingerprint density at radius 1 is 0.909 bits per heavy atom. The molecular formula is C18H13NO3. The van der Waals surface area contributed by atoms with Crippen LogP contribution in [0.4, 0.5) is 0 Å². The molecule has 0 bridgehead atoms. The summed E-state index contributed by atoms with van der Waals surface area (Å²) in [6.07, 6.45) is 1.25. The molecular weight excluding hydrogens is 278 g/mol. The van der Waals surface area contributed by atoms with Gasteiger partial charge < -0.3 is 4.79 Å². The molecule has 4 nitrogen and oxygen atoms in total. The lowest BCUT2D eigenvalue weighted by atomic mass is 10.1. The van der Waals surface area contributed by atoms with Crippen LogP contribution in [0.5, 0.6) is 0 Å². The van der Waals surface area contributed by atoms with Crippen LogP contribution in [0.3, 0.4) is 0 Å². The molecule has 1 saturated carbocycles. The van der Waals surface area contributed by atoms with E-state index in [1.165, 1.54) is 0 Å². The molecule has 2 amide bonds. The van der Waals surface area contributed by atoms with E-state index in [0.29, 0.717) is 17.5 Å². The Hall–Kier alpha value is -2.75. The average molecular weight is 291 g/mol. The normalized spacial score (nSPS) is 26.0. The van der Waals surface area contributed by atoms with Gasteiger partial charge in [-0.2, -0.15) is 0 Å². The van der Waals surface area contributed by atoms with Crippen molar-refractivity contribution in [3.8, 4) is 0 Å². The molecule has 0 radical (unpaired) electrons. The highest BCUT2D eigenvalue weighted by Gasteiger charge is 2.64. The molecule has 1 aliphatic heterocycles. The van der Waals surface area contributed by atoms with Crippen LogP contribution in [0.1, 0.15) is 38.6 Å². The van der Waals surface area contributed by atoms with E-state index in [9.17, 15) is 14.4 Å². The predicted molar refractivity (Wildman–Crippen MR) is 79.5 cm³/mol. The van der Waals surface area contributed by atoms with Crippen molar-refractivity contribution in [2.45, 2.75) is 17.9 Å². The van der Waals surface area contributed by atoms with Crippen LogP contribution in [0.25, 0.3) is 0 Å². The second-order valence-electron chi connectivity index (χ2n) is 5.77. The summed E-state index contributed by atoms with van der Waals surface area (Å²) in [7, 11) is 0. The molecule has 2 aromatic rings. The Labute approximate surface area is 127 Å². The topological polar surface area (TPSA) is 54.5 Å². The molecule has 2 aromatic carbocycles. The van der Waals surface area contributed by atoms with Crippen molar-refractivity contribution < 1.29 is 14.4 Å². The molecule has 4 heteroatoms. The Bertz CT molecular complexity index is 764. The zero-order valence-electron chi connectivity index (χ0n) is 11.7. The van der Waals surface area contributed by atoms with Gasteiger partial charge in [-0.1, -0.05) is 42.5 Å². The van der Waals surface area contributed by atoms with Crippen LogP contribution < -0.4 is 0 Å². The van der Waals surface area contributed by atoms with Gasteiger partial charge in [-0.25, -0.2) is 0 Å². The van der Waals surface area contributed by atoms with E-state index in [2.05, 4.69) is 0 Å². The van der Waals surface area contributed by atoms with Crippen LogP contribution in [-0.2, 0) is 4.79 Å². The molecule has 108 valence electrons. The van der Waals surface area contributed by atoms with Gasteiger partial charge in [0.25, 0.3) is 11.8 Å². The fourth-order valence-corrected chi connectivity index (χ4v) is 3.36. The first-order chi connectivity index (χ1) is 10.7. The third-order valence-electron chi connectivity index (χ3n) is 4.59. The van der Waals surface area contributed by atoms with Gasteiger partial charge in [-0.3, -0.25) is 14.5 Å². The Balaban J connectivity index is 1.75. The number of benzene rings is 2. The molecule has 0 unspecified atom stereocenters. The lowest BCUT2D eigenvalue weighted by Gasteiger charge is -2.22. The minimum Gasteiger partial charge on any atom is -0.301 e. The van der Waals surface area contributed by atoms with Crippen molar-refractivity contribution in [2.75, 3.05) is 0 Å². The molecule has 0 spiro atoms. The third kappa shape index (κ3) is 1.55. The number of carbonyl (C=O) groups is 3. The molecule has 1 fully saturated rings. The summed E-state index contributed by atoms with van der Waals surface area (Å²) in [6, 6.07) is 16.3. The van der Waals surface area contributed by atoms with Crippen molar-refractivity contribution in [1.29, 1.82) is 0 Å². The van der Waals surface area contributed by atoms with Crippen molar-refractivity contribution in [3.05, 3.63) is 71.3 Å². The average Bonchev–Trinajstić information content (AvgIpc) is 3.25. The van der Waals surface area contributed by atoms with E-state index < -0.39 is 5.54 Å². The highest BCUT2D eigenvalue weighted by atomic mass is 16.2. The van der Waals surface area contributed by atoms with E-state index in [1.807, 2.05) is 30.3 Å². The zero-order valence-corrected chi connectivity index (χ0v) is 11.7. The van der Waals surface area contributed by atoms with Gasteiger partial charge >= 0.3 is 0 Å². The van der Waals surface area contributed by atoms with E-state index >= 15 is 0 Å². The van der Waals surface area contributed by atoms with Crippen molar-refractivity contribution in [2.24, 2.45) is 0 Å². The second kappa shape index (κ2) is 4.37. The highest BCUT2D eigenvalue weighted by Crippen LogP contribution is 2.56. The van der Waals surface area contributed by atoms with Crippen molar-refractivity contribution >= 4 is 18.1 Å². The summed E-state index contributed by atoms with van der Waals surface area (Å²) in [5.41, 5.74) is 0.708. The first kappa shape index (κ1) is 13.0. The maximum absolute atomic E-state index is 12.6. The number of nitrogens with zero attached hydrogens (tertiary/aromatic N) is 1. The summed E-state index contributed by atoms with van der Waals surface area (Å²) in [5.74, 6) is -0.856. The zero-order chi connectivity index (χ0) is 15.3. The number of hydrogen-bond acceptors (Lipinski definition) is 3. The van der Waals surface area contributed by atoms with E-state index in [4.69, 9.17) is 0 Å². The van der Waals surface area contributed by atoms with E-state index in [-0.39, 0.29) is 17.7 Å². The standard InChI is InChI=1S/C18H13NO3/c20-11-18(10-15(18)12-6-2-1-3-7-12)19-16(21)13-8-4-5-9-14(13)17(19)22/h1-9,11,15H,10H2/t15-,18+/m0/s1. The Morgan fingerprint density at radius 3 is 2.00 bits per heavy atom. The Kier molecular flexibility index (Phi) is 2.57. The lowest BCUT2D eigenvalue weighted by Crippen LogP contribution is -2.44. The minimum absolute atomic E-state index is 0.117. The first-order valence-electron chi connectivity index (χ1n) is 7.18. The number of carbonyl (C=O) groups excluding carboxylic acids is 3. The van der Waals surface area contributed by atoms with Gasteiger partial charge in [0.15, 0.2) is 0 Å². The van der Waals surface area contributed by atoms with Crippen molar-refractivity contribution in [3.63, 3.8) is 0 Å². The van der Waals surface area contributed by atoms with Gasteiger partial charge in [0.1, 0.15) is 11.8 Å². The summed E-state index contributed by atoms with van der Waals surface area (Å²) in [6.45, 7) is 0. The SMILES string of the molecule is O=C[C@]1(N2C(=O)c3ccccc3C2=O)C[C@H]1c1ccccc1. The van der Waals surface area contributed by atoms with E-state index in [1.54, 1.807) is 24.3 Å². The molecule has 2 aliphatic rings. The van der Waals surface area contributed by atoms with Crippen molar-refractivity contribution in [1.82, 2.24) is 4.90 Å². The third-order valence-corrected chi connectivity index (χ3v) is 4.59. The highest BCUT2D eigenvalue weighted by molar-refractivity contribution is 6.23. The summed E-state index contributed by atoms with van der Waals surface area (Å²) in [5, 5.41) is 0. The fraction of sp³-hybridized carbons (Fsp3) is 0.167. The summed E-state index contributed by atoms with van der Waals surface area (Å²) < 4.78 is 0. The molecule has 22 heavy (non-hydrogen) atoms. The molecule has 2 atom stereocenters. The monoisotopic (exact) mass is 291 g/mol. The minimum atomic E-state index is -1.03. The van der Waals surface area contributed by atoms with Crippen LogP contribution in [0.15, 0.2) is 54.6 Å². The maximum atomic E-state index is 12.6. The maximum Gasteiger partial charge on any atom is 0.262 e. The number of imide groups is 1. The van der Waals surface area contributed by atoms with Crippen LogP contribution >= 0.6 is 0 Å². The quantitative estimate of drug-likeness (QED) is 0.644. The molecule has 0 N–H and O–H groups in total. The van der Waals surface area contributed by atoms with E-state index in [0.717, 1.165) is 16.7 Å². The van der Waals surface area contributed by atoms with Crippen LogP contribution in [-0.4, -0.2) is 28.5 Å². The predicted octanol–water partition coefficient (Wildman–Crippen LogP) is 2.41. The summed E-state index contributed by atoms with van der Waals surface area (Å²) >= 11 is 0. The van der Waals surface area contributed by atoms with Gasteiger partial charge in [0, 0.05) is 5.92 Å². The molecule has 4 rings (SSSR count). The van der Waals surface area contributed by atoms with Gasteiger partial charge in [-0.15, -0.1) is 0 Å². The van der Waals surface area contributed by atoms with Gasteiger partial charge in [0.2, 0.25) is 0 Å². The van der Waals surface area contributed by atoms with Gasteiger partial charge in [-0.05, 0) is 24.1 Å². The number of rotatable bonds is 3. The number of aldehydes is 1. The largest absolute Gasteiger partial charge is 0.301 e. The second-order valence-corrected chi connectivity index (χ2v) is 5.77. The number of fused-ring (bicyclic) bond motifs is 1. The van der Waals surface area contributed by atoms with Crippen LogP contribution in [0.2, 0.25) is 0 Å². The number of amides is 2.